The average Bonchev–Trinajstić information content (AvgIpc) is 3.32. The molecule has 162 valence electrons. The third-order valence-corrected chi connectivity index (χ3v) is 6.73. The number of thiocarbonyl (C=S) groups is 1. The molecule has 0 saturated carbocycles. The van der Waals surface area contributed by atoms with Crippen molar-refractivity contribution in [3.63, 3.8) is 0 Å². The molecule has 0 bridgehead atoms. The van der Waals surface area contributed by atoms with E-state index in [1.54, 1.807) is 22.3 Å². The zero-order chi connectivity index (χ0) is 22.0. The van der Waals surface area contributed by atoms with Crippen molar-refractivity contribution in [2.45, 2.75) is 39.7 Å². The van der Waals surface area contributed by atoms with Gasteiger partial charge in [0.1, 0.15) is 11.3 Å². The lowest BCUT2D eigenvalue weighted by Gasteiger charge is -2.18. The molecule has 0 amide bonds. The maximum Gasteiger partial charge on any atom is 0.341 e. The maximum atomic E-state index is 12.4. The van der Waals surface area contributed by atoms with Crippen molar-refractivity contribution in [2.75, 3.05) is 17.7 Å². The van der Waals surface area contributed by atoms with E-state index in [1.165, 1.54) is 17.6 Å². The lowest BCUT2D eigenvalue weighted by molar-refractivity contribution is 0.0601. The third-order valence-electron chi connectivity index (χ3n) is 5.36. The number of aromatic nitrogens is 3. The Hall–Kier alpha value is -2.78. The number of nitrogens with zero attached hydrogens (tertiary/aromatic N) is 3. The fourth-order valence-electron chi connectivity index (χ4n) is 3.70. The molecule has 1 aliphatic rings. The number of hydrogen-bond donors (Lipinski definition) is 2. The van der Waals surface area contributed by atoms with Crippen LogP contribution in [-0.2, 0) is 24.1 Å². The molecule has 2 aromatic heterocycles. The molecular weight excluding hydrogens is 430 g/mol. The van der Waals surface area contributed by atoms with E-state index in [2.05, 4.69) is 58.8 Å². The molecule has 4 rings (SSSR count). The predicted molar refractivity (Wildman–Crippen MR) is 127 cm³/mol. The van der Waals surface area contributed by atoms with E-state index in [4.69, 9.17) is 17.0 Å². The minimum absolute atomic E-state index is 0.335. The number of anilines is 2. The quantitative estimate of drug-likeness (QED) is 0.435. The first-order chi connectivity index (χ1) is 14.9. The van der Waals surface area contributed by atoms with Crippen molar-refractivity contribution in [2.24, 2.45) is 5.92 Å². The Morgan fingerprint density at radius 2 is 2.10 bits per heavy atom. The second kappa shape index (κ2) is 9.15. The molecule has 2 N–H and O–H groups in total. The Balaban J connectivity index is 1.45. The molecule has 1 unspecified atom stereocenters. The summed E-state index contributed by atoms with van der Waals surface area (Å²) in [7, 11) is 1.41. The smallest absolute Gasteiger partial charge is 0.341 e. The van der Waals surface area contributed by atoms with Gasteiger partial charge in [0, 0.05) is 4.88 Å². The second-order valence-electron chi connectivity index (χ2n) is 7.88. The molecule has 1 aromatic carbocycles. The van der Waals surface area contributed by atoms with Gasteiger partial charge in [0.05, 0.1) is 19.2 Å². The molecule has 3 aromatic rings. The van der Waals surface area contributed by atoms with Gasteiger partial charge < -0.3 is 10.1 Å². The topological polar surface area (TPSA) is 81.1 Å². The van der Waals surface area contributed by atoms with Gasteiger partial charge in [0.2, 0.25) is 5.95 Å². The molecule has 0 saturated heterocycles. The van der Waals surface area contributed by atoms with Crippen LogP contribution in [0.5, 0.6) is 0 Å². The highest BCUT2D eigenvalue weighted by Gasteiger charge is 2.28. The number of nitrogens with one attached hydrogen (secondary N) is 2. The van der Waals surface area contributed by atoms with E-state index in [9.17, 15) is 4.79 Å². The number of aryl methyl sites for hydroxylation is 1. The highest BCUT2D eigenvalue weighted by molar-refractivity contribution is 7.80. The molecule has 1 aliphatic carbocycles. The SMILES string of the molecule is COC(=O)c1c(NC(=S)Nc2ncn(Cc3ccc(C)cc3)n2)sc2c1CCC(C)C2. The number of carbonyl (C=O) groups excluding carboxylic acids is 1. The van der Waals surface area contributed by atoms with Crippen molar-refractivity contribution < 1.29 is 9.53 Å². The van der Waals surface area contributed by atoms with Gasteiger partial charge in [-0.25, -0.2) is 14.5 Å². The van der Waals surface area contributed by atoms with Gasteiger partial charge in [0.25, 0.3) is 0 Å². The molecule has 1 atom stereocenters. The number of hydrogen-bond acceptors (Lipinski definition) is 6. The number of ether oxygens (including phenoxy) is 1. The van der Waals surface area contributed by atoms with Gasteiger partial charge in [-0.2, -0.15) is 0 Å². The molecular formula is C22H25N5O2S2. The molecule has 9 heteroatoms. The number of carbonyl (C=O) groups is 1. The third kappa shape index (κ3) is 4.94. The van der Waals surface area contributed by atoms with Crippen LogP contribution in [0.15, 0.2) is 30.6 Å². The Kier molecular flexibility index (Phi) is 6.33. The predicted octanol–water partition coefficient (Wildman–Crippen LogP) is 4.42. The van der Waals surface area contributed by atoms with Crippen LogP contribution in [0.3, 0.4) is 0 Å². The van der Waals surface area contributed by atoms with E-state index in [0.717, 1.165) is 30.4 Å². The normalized spacial score (nSPS) is 15.3. The zero-order valence-corrected chi connectivity index (χ0v) is 19.4. The Morgan fingerprint density at radius 1 is 1.32 bits per heavy atom. The van der Waals surface area contributed by atoms with Crippen LogP contribution in [-0.4, -0.2) is 33.0 Å². The Morgan fingerprint density at radius 3 is 2.84 bits per heavy atom. The van der Waals surface area contributed by atoms with E-state index >= 15 is 0 Å². The summed E-state index contributed by atoms with van der Waals surface area (Å²) < 4.78 is 6.78. The van der Waals surface area contributed by atoms with Gasteiger partial charge >= 0.3 is 5.97 Å². The molecule has 0 spiro atoms. The molecule has 2 heterocycles. The van der Waals surface area contributed by atoms with Crippen LogP contribution in [0.2, 0.25) is 0 Å². The lowest BCUT2D eigenvalue weighted by atomic mass is 9.88. The first-order valence-electron chi connectivity index (χ1n) is 10.2. The van der Waals surface area contributed by atoms with Crippen molar-refractivity contribution >= 4 is 45.6 Å². The minimum atomic E-state index is -0.335. The summed E-state index contributed by atoms with van der Waals surface area (Å²) in [5.41, 5.74) is 4.04. The molecule has 31 heavy (non-hydrogen) atoms. The minimum Gasteiger partial charge on any atom is -0.465 e. The monoisotopic (exact) mass is 455 g/mol. The fourth-order valence-corrected chi connectivity index (χ4v) is 5.36. The van der Waals surface area contributed by atoms with Crippen LogP contribution >= 0.6 is 23.6 Å². The van der Waals surface area contributed by atoms with Gasteiger partial charge in [-0.05, 0) is 55.4 Å². The maximum absolute atomic E-state index is 12.4. The molecule has 0 fully saturated rings. The Bertz CT molecular complexity index is 1100. The highest BCUT2D eigenvalue weighted by atomic mass is 32.1. The van der Waals surface area contributed by atoms with Gasteiger partial charge in [-0.15, -0.1) is 16.4 Å². The van der Waals surface area contributed by atoms with E-state index in [0.29, 0.717) is 34.1 Å². The summed E-state index contributed by atoms with van der Waals surface area (Å²) in [6.07, 6.45) is 4.58. The zero-order valence-electron chi connectivity index (χ0n) is 17.8. The van der Waals surface area contributed by atoms with E-state index in [1.807, 2.05) is 0 Å². The van der Waals surface area contributed by atoms with Crippen LogP contribution in [0.25, 0.3) is 0 Å². The number of fused-ring (bicyclic) bond motifs is 1. The Labute approximate surface area is 190 Å². The first-order valence-corrected chi connectivity index (χ1v) is 11.4. The van der Waals surface area contributed by atoms with E-state index in [-0.39, 0.29) is 5.97 Å². The summed E-state index contributed by atoms with van der Waals surface area (Å²) in [5.74, 6) is 0.674. The van der Waals surface area contributed by atoms with Crippen LogP contribution in [0, 0.1) is 12.8 Å². The van der Waals surface area contributed by atoms with Crippen molar-refractivity contribution in [1.82, 2.24) is 14.8 Å². The molecule has 0 radical (unpaired) electrons. The van der Waals surface area contributed by atoms with Crippen molar-refractivity contribution in [3.05, 3.63) is 57.7 Å². The summed E-state index contributed by atoms with van der Waals surface area (Å²) >= 11 is 7.03. The van der Waals surface area contributed by atoms with Gasteiger partial charge in [-0.3, -0.25) is 5.32 Å². The average molecular weight is 456 g/mol. The number of esters is 1. The van der Waals surface area contributed by atoms with Crippen LogP contribution in [0.1, 0.15) is 45.3 Å². The standard InChI is InChI=1S/C22H25N5O2S2/c1-13-4-7-15(8-5-13)11-27-12-23-21(26-27)25-22(30)24-19-18(20(28)29-3)16-9-6-14(2)10-17(16)31-19/h4-5,7-8,12,14H,6,9-11H2,1-3H3,(H2,24,25,26,30). The number of thiophene rings is 1. The van der Waals surface area contributed by atoms with Crippen LogP contribution < -0.4 is 10.6 Å². The number of rotatable bonds is 5. The first kappa shape index (κ1) is 21.5. The second-order valence-corrected chi connectivity index (χ2v) is 9.39. The molecule has 7 nitrogen and oxygen atoms in total. The van der Waals surface area contributed by atoms with E-state index < -0.39 is 0 Å². The van der Waals surface area contributed by atoms with Crippen molar-refractivity contribution in [1.29, 1.82) is 0 Å². The number of benzene rings is 1. The molecule has 0 aliphatic heterocycles. The largest absolute Gasteiger partial charge is 0.465 e. The summed E-state index contributed by atoms with van der Waals surface area (Å²) in [6.45, 7) is 4.92. The summed E-state index contributed by atoms with van der Waals surface area (Å²) in [5, 5.41) is 11.7. The summed E-state index contributed by atoms with van der Waals surface area (Å²) in [4.78, 5) is 18.0. The lowest BCUT2D eigenvalue weighted by Crippen LogP contribution is -2.21. The van der Waals surface area contributed by atoms with Crippen LogP contribution in [0.4, 0.5) is 10.9 Å². The van der Waals surface area contributed by atoms with Crippen molar-refractivity contribution in [3.8, 4) is 0 Å². The van der Waals surface area contributed by atoms with Gasteiger partial charge in [0.15, 0.2) is 5.11 Å². The van der Waals surface area contributed by atoms with Gasteiger partial charge in [-0.1, -0.05) is 36.8 Å². The summed E-state index contributed by atoms with van der Waals surface area (Å²) in [6, 6.07) is 8.30. The fraction of sp³-hybridized carbons (Fsp3) is 0.364. The number of methoxy groups -OCH3 is 1. The highest BCUT2D eigenvalue weighted by Crippen LogP contribution is 2.40.